The van der Waals surface area contributed by atoms with Crippen LogP contribution in [0.4, 0.5) is 0 Å². The SMILES string of the molecule is CCOC(=O)C(C)=NN(C)C. The van der Waals surface area contributed by atoms with Crippen LogP contribution in [0.1, 0.15) is 13.8 Å². The highest BCUT2D eigenvalue weighted by Gasteiger charge is 2.05. The average Bonchev–Trinajstić information content (AvgIpc) is 1.86. The minimum Gasteiger partial charge on any atom is -0.461 e. The van der Waals surface area contributed by atoms with Crippen LogP contribution < -0.4 is 0 Å². The Balaban J connectivity index is 4.01. The number of hydrogen-bond acceptors (Lipinski definition) is 4. The first-order chi connectivity index (χ1) is 5.07. The molecule has 0 N–H and O–H groups in total. The molecule has 0 radical (unpaired) electrons. The van der Waals surface area contributed by atoms with Gasteiger partial charge in [-0.1, -0.05) is 0 Å². The van der Waals surface area contributed by atoms with Gasteiger partial charge in [0.15, 0.2) is 0 Å². The van der Waals surface area contributed by atoms with Crippen LogP contribution in [-0.4, -0.2) is 37.4 Å². The van der Waals surface area contributed by atoms with Gasteiger partial charge in [-0.3, -0.25) is 0 Å². The van der Waals surface area contributed by atoms with Crippen LogP contribution in [0.5, 0.6) is 0 Å². The summed E-state index contributed by atoms with van der Waals surface area (Å²) < 4.78 is 4.71. The first kappa shape index (κ1) is 9.94. The van der Waals surface area contributed by atoms with Crippen LogP contribution in [0.15, 0.2) is 5.10 Å². The largest absolute Gasteiger partial charge is 0.461 e. The number of esters is 1. The van der Waals surface area contributed by atoms with Gasteiger partial charge in [-0.05, 0) is 13.8 Å². The molecule has 0 amide bonds. The fourth-order valence-corrected chi connectivity index (χ4v) is 0.576. The number of hydrogen-bond donors (Lipinski definition) is 0. The van der Waals surface area contributed by atoms with E-state index in [4.69, 9.17) is 4.74 Å². The molecule has 0 aromatic rings. The average molecular weight is 158 g/mol. The third kappa shape index (κ3) is 4.36. The van der Waals surface area contributed by atoms with Gasteiger partial charge in [-0.2, -0.15) is 5.10 Å². The van der Waals surface area contributed by atoms with Gasteiger partial charge in [0.2, 0.25) is 0 Å². The Kier molecular flexibility index (Phi) is 4.26. The molecule has 11 heavy (non-hydrogen) atoms. The van der Waals surface area contributed by atoms with Gasteiger partial charge in [0.05, 0.1) is 6.61 Å². The number of ether oxygens (including phenoxy) is 1. The quantitative estimate of drug-likeness (QED) is 0.341. The lowest BCUT2D eigenvalue weighted by Gasteiger charge is -2.05. The van der Waals surface area contributed by atoms with Gasteiger partial charge in [0.25, 0.3) is 0 Å². The zero-order chi connectivity index (χ0) is 8.85. The highest BCUT2D eigenvalue weighted by atomic mass is 16.5. The van der Waals surface area contributed by atoms with E-state index in [0.717, 1.165) is 0 Å². The van der Waals surface area contributed by atoms with E-state index in [1.54, 1.807) is 33.0 Å². The molecule has 0 atom stereocenters. The molecular weight excluding hydrogens is 144 g/mol. The van der Waals surface area contributed by atoms with E-state index in [2.05, 4.69) is 5.10 Å². The van der Waals surface area contributed by atoms with Crippen molar-refractivity contribution >= 4 is 11.7 Å². The molecular formula is C7H14N2O2. The maximum Gasteiger partial charge on any atom is 0.354 e. The second kappa shape index (κ2) is 4.71. The van der Waals surface area contributed by atoms with Crippen molar-refractivity contribution in [1.29, 1.82) is 0 Å². The lowest BCUT2D eigenvalue weighted by Crippen LogP contribution is -2.17. The van der Waals surface area contributed by atoms with Crippen molar-refractivity contribution in [3.05, 3.63) is 0 Å². The molecule has 0 aliphatic rings. The number of rotatable bonds is 3. The molecule has 4 nitrogen and oxygen atoms in total. The molecule has 0 saturated carbocycles. The maximum absolute atomic E-state index is 10.9. The number of carbonyl (C=O) groups excluding carboxylic acids is 1. The molecule has 0 heterocycles. The molecule has 0 bridgehead atoms. The topological polar surface area (TPSA) is 41.9 Å². The third-order valence-corrected chi connectivity index (χ3v) is 0.921. The summed E-state index contributed by atoms with van der Waals surface area (Å²) in [6.07, 6.45) is 0. The summed E-state index contributed by atoms with van der Waals surface area (Å²) in [5, 5.41) is 5.43. The molecule has 0 aromatic carbocycles. The summed E-state index contributed by atoms with van der Waals surface area (Å²) in [5.41, 5.74) is 0.372. The Morgan fingerprint density at radius 1 is 1.55 bits per heavy atom. The van der Waals surface area contributed by atoms with E-state index in [-0.39, 0.29) is 5.97 Å². The van der Waals surface area contributed by atoms with Gasteiger partial charge >= 0.3 is 5.97 Å². The second-order valence-corrected chi connectivity index (χ2v) is 2.25. The molecule has 4 heteroatoms. The maximum atomic E-state index is 10.9. The van der Waals surface area contributed by atoms with Gasteiger partial charge in [0.1, 0.15) is 5.71 Å². The van der Waals surface area contributed by atoms with E-state index in [0.29, 0.717) is 12.3 Å². The van der Waals surface area contributed by atoms with E-state index in [9.17, 15) is 4.79 Å². The first-order valence-corrected chi connectivity index (χ1v) is 3.47. The Labute approximate surface area is 66.8 Å². The number of nitrogens with zero attached hydrogens (tertiary/aromatic N) is 2. The van der Waals surface area contributed by atoms with Crippen molar-refractivity contribution in [2.45, 2.75) is 13.8 Å². The zero-order valence-electron chi connectivity index (χ0n) is 7.42. The number of hydrazone groups is 1. The van der Waals surface area contributed by atoms with Crippen LogP contribution in [0.25, 0.3) is 0 Å². The Bertz CT molecular complexity index is 164. The number of carbonyl (C=O) groups is 1. The lowest BCUT2D eigenvalue weighted by atomic mass is 10.4. The zero-order valence-corrected chi connectivity index (χ0v) is 7.42. The van der Waals surface area contributed by atoms with Gasteiger partial charge in [-0.25, -0.2) is 4.79 Å². The minimum absolute atomic E-state index is 0.360. The smallest absolute Gasteiger partial charge is 0.354 e. The van der Waals surface area contributed by atoms with Crippen molar-refractivity contribution < 1.29 is 9.53 Å². The summed E-state index contributed by atoms with van der Waals surface area (Å²) in [6, 6.07) is 0. The normalized spacial score (nSPS) is 11.1. The van der Waals surface area contributed by atoms with E-state index in [1.165, 1.54) is 0 Å². The third-order valence-electron chi connectivity index (χ3n) is 0.921. The molecule has 0 aromatic heterocycles. The molecule has 64 valence electrons. The molecule has 0 aliphatic heterocycles. The predicted molar refractivity (Wildman–Crippen MR) is 43.4 cm³/mol. The lowest BCUT2D eigenvalue weighted by molar-refractivity contribution is -0.135. The standard InChI is InChI=1S/C7H14N2O2/c1-5-11-7(10)6(2)8-9(3)4/h5H2,1-4H3. The highest BCUT2D eigenvalue weighted by Crippen LogP contribution is 1.86. The first-order valence-electron chi connectivity index (χ1n) is 3.47. The van der Waals surface area contributed by atoms with Crippen molar-refractivity contribution in [2.75, 3.05) is 20.7 Å². The molecule has 0 rings (SSSR count). The van der Waals surface area contributed by atoms with Gasteiger partial charge in [-0.15, -0.1) is 0 Å². The summed E-state index contributed by atoms with van der Waals surface area (Å²) in [6.45, 7) is 3.78. The fourth-order valence-electron chi connectivity index (χ4n) is 0.576. The molecule has 0 saturated heterocycles. The predicted octanol–water partition coefficient (Wildman–Crippen LogP) is 0.487. The van der Waals surface area contributed by atoms with Crippen molar-refractivity contribution in [3.8, 4) is 0 Å². The molecule has 0 aliphatic carbocycles. The summed E-state index contributed by atoms with van der Waals surface area (Å²) >= 11 is 0. The Morgan fingerprint density at radius 3 is 2.45 bits per heavy atom. The Hall–Kier alpha value is -1.06. The van der Waals surface area contributed by atoms with Gasteiger partial charge in [0, 0.05) is 14.1 Å². The van der Waals surface area contributed by atoms with Crippen LogP contribution >= 0.6 is 0 Å². The van der Waals surface area contributed by atoms with Crippen LogP contribution in [0.3, 0.4) is 0 Å². The molecule has 0 spiro atoms. The minimum atomic E-state index is -0.360. The summed E-state index contributed by atoms with van der Waals surface area (Å²) in [7, 11) is 3.51. The monoisotopic (exact) mass is 158 g/mol. The summed E-state index contributed by atoms with van der Waals surface area (Å²) in [4.78, 5) is 10.9. The van der Waals surface area contributed by atoms with Crippen molar-refractivity contribution in [2.24, 2.45) is 5.10 Å². The molecule has 0 unspecified atom stereocenters. The van der Waals surface area contributed by atoms with Crippen molar-refractivity contribution in [1.82, 2.24) is 5.01 Å². The second-order valence-electron chi connectivity index (χ2n) is 2.25. The van der Waals surface area contributed by atoms with Crippen molar-refractivity contribution in [3.63, 3.8) is 0 Å². The van der Waals surface area contributed by atoms with Crippen LogP contribution in [0, 0.1) is 0 Å². The van der Waals surface area contributed by atoms with Crippen LogP contribution in [0.2, 0.25) is 0 Å². The highest BCUT2D eigenvalue weighted by molar-refractivity contribution is 6.35. The van der Waals surface area contributed by atoms with E-state index in [1.807, 2.05) is 0 Å². The van der Waals surface area contributed by atoms with E-state index >= 15 is 0 Å². The Morgan fingerprint density at radius 2 is 2.09 bits per heavy atom. The molecule has 0 fully saturated rings. The van der Waals surface area contributed by atoms with Gasteiger partial charge < -0.3 is 9.75 Å². The van der Waals surface area contributed by atoms with E-state index < -0.39 is 0 Å². The van der Waals surface area contributed by atoms with Crippen LogP contribution in [-0.2, 0) is 9.53 Å². The summed E-state index contributed by atoms with van der Waals surface area (Å²) in [5.74, 6) is -0.360. The fraction of sp³-hybridized carbons (Fsp3) is 0.714.